The van der Waals surface area contributed by atoms with Crippen molar-refractivity contribution in [1.82, 2.24) is 15.5 Å². The van der Waals surface area contributed by atoms with Crippen molar-refractivity contribution in [2.75, 3.05) is 5.75 Å². The molecule has 2 N–H and O–H groups in total. The van der Waals surface area contributed by atoms with Crippen molar-refractivity contribution < 1.29 is 19.1 Å². The normalized spacial score (nSPS) is 16.0. The average molecular weight is 464 g/mol. The molecule has 1 fully saturated rings. The molecule has 1 aromatic carbocycles. The number of aryl methyl sites for hydroxylation is 1. The Kier molecular flexibility index (Phi) is 8.26. The first-order valence-corrected chi connectivity index (χ1v) is 11.7. The number of ether oxygens (including phenoxy) is 1. The Bertz CT molecular complexity index is 840. The van der Waals surface area contributed by atoms with Crippen LogP contribution in [0, 0.1) is 6.92 Å². The molecule has 2 rings (SSSR count). The second-order valence-corrected chi connectivity index (χ2v) is 10.7. The van der Waals surface area contributed by atoms with Crippen molar-refractivity contribution >= 4 is 30.5 Å². The molecule has 8 heteroatoms. The van der Waals surface area contributed by atoms with Crippen LogP contribution in [0.15, 0.2) is 24.3 Å². The van der Waals surface area contributed by atoms with Gasteiger partial charge in [0.25, 0.3) is 0 Å². The van der Waals surface area contributed by atoms with Gasteiger partial charge in [-0.05, 0) is 72.4 Å². The zero-order valence-electron chi connectivity index (χ0n) is 20.2. The minimum absolute atomic E-state index is 0.0688. The molecule has 2 atom stereocenters. The van der Waals surface area contributed by atoms with Gasteiger partial charge in [-0.15, -0.1) is 0 Å². The second-order valence-electron chi connectivity index (χ2n) is 10.4. The molecule has 1 aromatic rings. The van der Waals surface area contributed by atoms with Crippen LogP contribution in [0.4, 0.5) is 4.79 Å². The van der Waals surface area contributed by atoms with Crippen molar-refractivity contribution in [3.8, 4) is 0 Å². The summed E-state index contributed by atoms with van der Waals surface area (Å²) in [6, 6.07) is 5.78. The van der Waals surface area contributed by atoms with Crippen LogP contribution in [0.25, 0.3) is 0 Å². The molecule has 0 spiro atoms. The van der Waals surface area contributed by atoms with Gasteiger partial charge in [-0.25, -0.2) is 4.79 Å². The lowest BCUT2D eigenvalue weighted by Gasteiger charge is -2.36. The second kappa shape index (κ2) is 10.1. The summed E-state index contributed by atoms with van der Waals surface area (Å²) in [7, 11) is 0. The lowest BCUT2D eigenvalue weighted by atomic mass is 9.97. The molecule has 32 heavy (non-hydrogen) atoms. The molecule has 1 aliphatic carbocycles. The van der Waals surface area contributed by atoms with Crippen LogP contribution >= 0.6 is 12.6 Å². The molecular formula is C24H37N3O4S. The van der Waals surface area contributed by atoms with Crippen LogP contribution in [0.5, 0.6) is 0 Å². The van der Waals surface area contributed by atoms with Gasteiger partial charge in [-0.3, -0.25) is 9.59 Å². The van der Waals surface area contributed by atoms with E-state index >= 15 is 0 Å². The van der Waals surface area contributed by atoms with Gasteiger partial charge in [0.2, 0.25) is 11.8 Å². The molecule has 2 unspecified atom stereocenters. The maximum absolute atomic E-state index is 13.7. The van der Waals surface area contributed by atoms with E-state index in [1.54, 1.807) is 25.7 Å². The number of nitrogens with zero attached hydrogens (tertiary/aromatic N) is 1. The summed E-state index contributed by atoms with van der Waals surface area (Å²) in [5, 5.41) is 5.66. The van der Waals surface area contributed by atoms with E-state index < -0.39 is 29.3 Å². The topological polar surface area (TPSA) is 87.7 Å². The van der Waals surface area contributed by atoms with E-state index in [0.29, 0.717) is 0 Å². The van der Waals surface area contributed by atoms with E-state index in [2.05, 4.69) is 23.3 Å². The van der Waals surface area contributed by atoms with Crippen molar-refractivity contribution in [1.29, 1.82) is 0 Å². The molecule has 0 aromatic heterocycles. The standard InChI is InChI=1S/C24H37N3O4S/c1-15-10-8-9-11-17(15)19(20(28)26-23(2,3)4)27(16-12-13-16)21(29)18(14-32)25-22(30)31-24(5,6)7/h8-11,16,18-19,32H,12-14H2,1-7H3,(H,25,30)(H,26,28). The number of carbonyl (C=O) groups is 3. The SMILES string of the molecule is Cc1ccccc1C(C(=O)NC(C)(C)C)N(C(=O)C(CS)NC(=O)OC(C)(C)C)C1CC1. The van der Waals surface area contributed by atoms with E-state index in [9.17, 15) is 14.4 Å². The molecule has 0 radical (unpaired) electrons. The Labute approximate surface area is 197 Å². The number of amides is 3. The minimum Gasteiger partial charge on any atom is -0.444 e. The van der Waals surface area contributed by atoms with Crippen LogP contribution in [-0.2, 0) is 14.3 Å². The van der Waals surface area contributed by atoms with Gasteiger partial charge in [0.05, 0.1) is 0 Å². The average Bonchev–Trinajstić information content (AvgIpc) is 3.46. The van der Waals surface area contributed by atoms with E-state index in [4.69, 9.17) is 4.74 Å². The van der Waals surface area contributed by atoms with E-state index in [-0.39, 0.29) is 23.6 Å². The van der Waals surface area contributed by atoms with Crippen LogP contribution in [0.2, 0.25) is 0 Å². The number of nitrogens with one attached hydrogen (secondary N) is 2. The highest BCUT2D eigenvalue weighted by Crippen LogP contribution is 2.36. The Morgan fingerprint density at radius 3 is 2.19 bits per heavy atom. The number of rotatable bonds is 7. The highest BCUT2D eigenvalue weighted by molar-refractivity contribution is 7.80. The Morgan fingerprint density at radius 2 is 1.72 bits per heavy atom. The first kappa shape index (κ1) is 26.0. The van der Waals surface area contributed by atoms with E-state index in [0.717, 1.165) is 24.0 Å². The van der Waals surface area contributed by atoms with E-state index in [1.807, 2.05) is 52.0 Å². The number of thiol groups is 1. The third kappa shape index (κ3) is 7.43. The highest BCUT2D eigenvalue weighted by atomic mass is 32.1. The maximum Gasteiger partial charge on any atom is 0.408 e. The fraction of sp³-hybridized carbons (Fsp3) is 0.625. The monoisotopic (exact) mass is 463 g/mol. The quantitative estimate of drug-likeness (QED) is 0.537. The number of hydrogen-bond donors (Lipinski definition) is 3. The summed E-state index contributed by atoms with van der Waals surface area (Å²) in [4.78, 5) is 41.1. The third-order valence-corrected chi connectivity index (χ3v) is 5.24. The smallest absolute Gasteiger partial charge is 0.408 e. The zero-order chi connectivity index (χ0) is 24.3. The Balaban J connectivity index is 2.41. The predicted octanol–water partition coefficient (Wildman–Crippen LogP) is 3.76. The fourth-order valence-corrected chi connectivity index (χ4v) is 3.68. The Hall–Kier alpha value is -2.22. The van der Waals surface area contributed by atoms with Crippen LogP contribution in [0.1, 0.15) is 71.6 Å². The van der Waals surface area contributed by atoms with Gasteiger partial charge < -0.3 is 20.3 Å². The predicted molar refractivity (Wildman–Crippen MR) is 129 cm³/mol. The zero-order valence-corrected chi connectivity index (χ0v) is 21.1. The molecule has 1 saturated carbocycles. The molecule has 1 aliphatic rings. The molecule has 0 aliphatic heterocycles. The molecular weight excluding hydrogens is 426 g/mol. The van der Waals surface area contributed by atoms with Gasteiger partial charge in [0.1, 0.15) is 17.7 Å². The molecule has 0 heterocycles. The highest BCUT2D eigenvalue weighted by Gasteiger charge is 2.44. The van der Waals surface area contributed by atoms with Crippen molar-refractivity contribution in [3.05, 3.63) is 35.4 Å². The first-order chi connectivity index (χ1) is 14.7. The van der Waals surface area contributed by atoms with Gasteiger partial charge in [-0.1, -0.05) is 24.3 Å². The summed E-state index contributed by atoms with van der Waals surface area (Å²) in [5.74, 6) is -0.504. The third-order valence-electron chi connectivity index (χ3n) is 4.87. The van der Waals surface area contributed by atoms with Gasteiger partial charge in [0, 0.05) is 17.3 Å². The lowest BCUT2D eigenvalue weighted by molar-refractivity contribution is -0.143. The Morgan fingerprint density at radius 1 is 1.12 bits per heavy atom. The van der Waals surface area contributed by atoms with Gasteiger partial charge >= 0.3 is 6.09 Å². The number of benzene rings is 1. The molecule has 0 saturated heterocycles. The van der Waals surface area contributed by atoms with Crippen LogP contribution < -0.4 is 10.6 Å². The minimum atomic E-state index is -0.914. The summed E-state index contributed by atoms with van der Waals surface area (Å²) < 4.78 is 5.32. The van der Waals surface area contributed by atoms with Crippen LogP contribution in [-0.4, -0.2) is 51.8 Å². The molecule has 178 valence electrons. The number of hydrogen-bond acceptors (Lipinski definition) is 5. The summed E-state index contributed by atoms with van der Waals surface area (Å²) in [6.07, 6.45) is 0.929. The lowest BCUT2D eigenvalue weighted by Crippen LogP contribution is -2.56. The van der Waals surface area contributed by atoms with Gasteiger partial charge in [0.15, 0.2) is 0 Å². The van der Waals surface area contributed by atoms with Gasteiger partial charge in [-0.2, -0.15) is 12.6 Å². The summed E-state index contributed by atoms with van der Waals surface area (Å²) in [6.45, 7) is 12.9. The maximum atomic E-state index is 13.7. The van der Waals surface area contributed by atoms with Crippen molar-refractivity contribution in [2.45, 2.75) is 90.6 Å². The largest absolute Gasteiger partial charge is 0.444 e. The first-order valence-electron chi connectivity index (χ1n) is 11.0. The molecule has 0 bridgehead atoms. The van der Waals surface area contributed by atoms with E-state index in [1.165, 1.54) is 0 Å². The number of alkyl carbamates (subject to hydrolysis) is 1. The fourth-order valence-electron chi connectivity index (χ4n) is 3.43. The molecule has 3 amide bonds. The summed E-state index contributed by atoms with van der Waals surface area (Å²) in [5.41, 5.74) is 0.529. The number of carbonyl (C=O) groups excluding carboxylic acids is 3. The molecule has 7 nitrogen and oxygen atoms in total. The van der Waals surface area contributed by atoms with Crippen molar-refractivity contribution in [3.63, 3.8) is 0 Å². The summed E-state index contributed by atoms with van der Waals surface area (Å²) >= 11 is 4.30. The van der Waals surface area contributed by atoms with Crippen LogP contribution in [0.3, 0.4) is 0 Å². The van der Waals surface area contributed by atoms with Crippen molar-refractivity contribution in [2.24, 2.45) is 0 Å².